The number of aliphatic hydroxyl groups excluding tert-OH is 1. The van der Waals surface area contributed by atoms with Gasteiger partial charge >= 0.3 is 0 Å². The summed E-state index contributed by atoms with van der Waals surface area (Å²) in [4.78, 5) is 14.2. The number of nitrogens with zero attached hydrogens (tertiary/aromatic N) is 1. The fourth-order valence-electron chi connectivity index (χ4n) is 3.06. The molecule has 0 radical (unpaired) electrons. The summed E-state index contributed by atoms with van der Waals surface area (Å²) in [6.45, 7) is 7.21. The minimum absolute atomic E-state index is 0.0491. The van der Waals surface area contributed by atoms with Gasteiger partial charge in [-0.25, -0.2) is 0 Å². The van der Waals surface area contributed by atoms with Gasteiger partial charge in [-0.2, -0.15) is 0 Å². The molecular weight excluding hydrogens is 302 g/mol. The first-order valence-corrected chi connectivity index (χ1v) is 8.96. The van der Waals surface area contributed by atoms with E-state index < -0.39 is 12.1 Å². The monoisotopic (exact) mass is 333 g/mol. The smallest absolute Gasteiger partial charge is 0.237 e. The van der Waals surface area contributed by atoms with Crippen molar-refractivity contribution in [2.24, 2.45) is 17.6 Å². The molecule has 134 valence electrons. The number of hydrogen-bond donors (Lipinski definition) is 3. The lowest BCUT2D eigenvalue weighted by molar-refractivity contribution is -0.123. The van der Waals surface area contributed by atoms with Gasteiger partial charge in [0.25, 0.3) is 0 Å². The Balaban J connectivity index is 1.69. The molecule has 5 nitrogen and oxygen atoms in total. The first kappa shape index (κ1) is 18.9. The first-order chi connectivity index (χ1) is 11.5. The molecule has 1 unspecified atom stereocenters. The standard InChI is InChI=1S/C19H31N3O2/c1-14(2)18(20)19(24)21-12-15-8-10-22(11-9-15)13-17(23)16-6-4-3-5-7-16/h3-7,14-15,17-18,23H,8-13,20H2,1-2H3,(H,21,24)/t17?,18-/m0/s1. The summed E-state index contributed by atoms with van der Waals surface area (Å²) in [5.74, 6) is 0.608. The van der Waals surface area contributed by atoms with E-state index in [2.05, 4.69) is 10.2 Å². The van der Waals surface area contributed by atoms with Crippen LogP contribution in [0, 0.1) is 11.8 Å². The number of rotatable bonds is 7. The second kappa shape index (κ2) is 9.16. The van der Waals surface area contributed by atoms with Crippen molar-refractivity contribution in [1.82, 2.24) is 10.2 Å². The van der Waals surface area contributed by atoms with Crippen LogP contribution >= 0.6 is 0 Å². The third-order valence-electron chi connectivity index (χ3n) is 4.91. The van der Waals surface area contributed by atoms with E-state index in [9.17, 15) is 9.90 Å². The summed E-state index contributed by atoms with van der Waals surface area (Å²) in [7, 11) is 0. The maximum Gasteiger partial charge on any atom is 0.237 e. The van der Waals surface area contributed by atoms with Crippen LogP contribution in [0.3, 0.4) is 0 Å². The van der Waals surface area contributed by atoms with Gasteiger partial charge in [-0.1, -0.05) is 44.2 Å². The number of nitrogens with two attached hydrogens (primary N) is 1. The van der Waals surface area contributed by atoms with Gasteiger partial charge in [0.1, 0.15) is 0 Å². The molecule has 1 amide bonds. The molecule has 1 aromatic carbocycles. The molecule has 1 aliphatic rings. The molecular formula is C19H31N3O2. The van der Waals surface area contributed by atoms with Crippen LogP contribution in [0.2, 0.25) is 0 Å². The lowest BCUT2D eigenvalue weighted by atomic mass is 9.95. The summed E-state index contributed by atoms with van der Waals surface area (Å²) in [6, 6.07) is 9.37. The van der Waals surface area contributed by atoms with Crippen LogP contribution in [0.4, 0.5) is 0 Å². The highest BCUT2D eigenvalue weighted by molar-refractivity contribution is 5.81. The lowest BCUT2D eigenvalue weighted by Crippen LogP contribution is -2.46. The normalized spacial score (nSPS) is 19.2. The molecule has 1 heterocycles. The van der Waals surface area contributed by atoms with Gasteiger partial charge in [0, 0.05) is 13.1 Å². The molecule has 5 heteroatoms. The van der Waals surface area contributed by atoms with Crippen LogP contribution in [-0.4, -0.2) is 48.1 Å². The number of nitrogens with one attached hydrogen (secondary N) is 1. The third-order valence-corrected chi connectivity index (χ3v) is 4.91. The number of amides is 1. The summed E-state index contributed by atoms with van der Waals surface area (Å²) in [6.07, 6.45) is 1.64. The second-order valence-electron chi connectivity index (χ2n) is 7.19. The average molecular weight is 333 g/mol. The molecule has 0 aliphatic carbocycles. The molecule has 1 saturated heterocycles. The van der Waals surface area contributed by atoms with E-state index >= 15 is 0 Å². The highest BCUT2D eigenvalue weighted by atomic mass is 16.3. The average Bonchev–Trinajstić information content (AvgIpc) is 2.60. The van der Waals surface area contributed by atoms with Gasteiger partial charge in [0.15, 0.2) is 0 Å². The van der Waals surface area contributed by atoms with E-state index in [0.717, 1.165) is 31.5 Å². The third kappa shape index (κ3) is 5.58. The van der Waals surface area contributed by atoms with Crippen molar-refractivity contribution < 1.29 is 9.90 Å². The van der Waals surface area contributed by atoms with Gasteiger partial charge in [-0.3, -0.25) is 4.79 Å². The van der Waals surface area contributed by atoms with Crippen LogP contribution in [0.25, 0.3) is 0 Å². The molecule has 0 saturated carbocycles. The molecule has 4 N–H and O–H groups in total. The molecule has 2 atom stereocenters. The zero-order chi connectivity index (χ0) is 17.5. The van der Waals surface area contributed by atoms with Crippen molar-refractivity contribution in [2.45, 2.75) is 38.8 Å². The molecule has 1 aliphatic heterocycles. The quantitative estimate of drug-likeness (QED) is 0.707. The van der Waals surface area contributed by atoms with Crippen molar-refractivity contribution in [3.63, 3.8) is 0 Å². The number of carbonyl (C=O) groups is 1. The number of carbonyl (C=O) groups excluding carboxylic acids is 1. The van der Waals surface area contributed by atoms with Crippen molar-refractivity contribution in [3.8, 4) is 0 Å². The lowest BCUT2D eigenvalue weighted by Gasteiger charge is -2.33. The Labute approximate surface area is 145 Å². The van der Waals surface area contributed by atoms with Crippen molar-refractivity contribution in [1.29, 1.82) is 0 Å². The Morgan fingerprint density at radius 2 is 1.92 bits per heavy atom. The molecule has 0 spiro atoms. The number of aliphatic hydroxyl groups is 1. The molecule has 1 fully saturated rings. The number of likely N-dealkylation sites (tertiary alicyclic amines) is 1. The van der Waals surface area contributed by atoms with Crippen molar-refractivity contribution in [3.05, 3.63) is 35.9 Å². The van der Waals surface area contributed by atoms with Gasteiger partial charge in [-0.15, -0.1) is 0 Å². The zero-order valence-corrected chi connectivity index (χ0v) is 14.8. The minimum atomic E-state index is -0.438. The predicted octanol–water partition coefficient (Wildman–Crippen LogP) is 1.53. The number of benzene rings is 1. The van der Waals surface area contributed by atoms with Crippen LogP contribution < -0.4 is 11.1 Å². The van der Waals surface area contributed by atoms with E-state index in [1.54, 1.807) is 0 Å². The van der Waals surface area contributed by atoms with Crippen LogP contribution in [0.15, 0.2) is 30.3 Å². The highest BCUT2D eigenvalue weighted by Gasteiger charge is 2.23. The van der Waals surface area contributed by atoms with Crippen molar-refractivity contribution >= 4 is 5.91 Å². The van der Waals surface area contributed by atoms with Gasteiger partial charge < -0.3 is 21.1 Å². The minimum Gasteiger partial charge on any atom is -0.387 e. The summed E-state index contributed by atoms with van der Waals surface area (Å²) in [5, 5.41) is 13.3. The summed E-state index contributed by atoms with van der Waals surface area (Å²) < 4.78 is 0. The van der Waals surface area contributed by atoms with E-state index in [1.165, 1.54) is 0 Å². The molecule has 24 heavy (non-hydrogen) atoms. The fraction of sp³-hybridized carbons (Fsp3) is 0.632. The topological polar surface area (TPSA) is 78.6 Å². The zero-order valence-electron chi connectivity index (χ0n) is 14.8. The van der Waals surface area contributed by atoms with Gasteiger partial charge in [0.2, 0.25) is 5.91 Å². The Hall–Kier alpha value is -1.43. The number of piperidine rings is 1. The van der Waals surface area contributed by atoms with Crippen molar-refractivity contribution in [2.75, 3.05) is 26.2 Å². The number of hydrogen-bond acceptors (Lipinski definition) is 4. The molecule has 1 aromatic rings. The Kier molecular flexibility index (Phi) is 7.21. The van der Waals surface area contributed by atoms with E-state index in [-0.39, 0.29) is 11.8 Å². The van der Waals surface area contributed by atoms with E-state index in [1.807, 2.05) is 44.2 Å². The largest absolute Gasteiger partial charge is 0.387 e. The number of β-amino-alcohol motifs (C(OH)–C–C–N with tert-alkyl or cyclic N) is 1. The maximum atomic E-state index is 11.9. The Morgan fingerprint density at radius 1 is 1.29 bits per heavy atom. The van der Waals surface area contributed by atoms with Crippen LogP contribution in [0.5, 0.6) is 0 Å². The maximum absolute atomic E-state index is 11.9. The fourth-order valence-corrected chi connectivity index (χ4v) is 3.06. The Bertz CT molecular complexity index is 499. The summed E-state index contributed by atoms with van der Waals surface area (Å²) in [5.41, 5.74) is 6.83. The Morgan fingerprint density at radius 3 is 2.50 bits per heavy atom. The van der Waals surface area contributed by atoms with Crippen LogP contribution in [-0.2, 0) is 4.79 Å². The van der Waals surface area contributed by atoms with Crippen LogP contribution in [0.1, 0.15) is 38.4 Å². The van der Waals surface area contributed by atoms with E-state index in [0.29, 0.717) is 19.0 Å². The first-order valence-electron chi connectivity index (χ1n) is 8.96. The van der Waals surface area contributed by atoms with Gasteiger partial charge in [0.05, 0.1) is 12.1 Å². The summed E-state index contributed by atoms with van der Waals surface area (Å²) >= 11 is 0. The van der Waals surface area contributed by atoms with E-state index in [4.69, 9.17) is 5.73 Å². The molecule has 2 rings (SSSR count). The molecule has 0 aromatic heterocycles. The SMILES string of the molecule is CC(C)[C@H](N)C(=O)NCC1CCN(CC(O)c2ccccc2)CC1. The molecule has 0 bridgehead atoms. The van der Waals surface area contributed by atoms with Gasteiger partial charge in [-0.05, 0) is 43.3 Å². The predicted molar refractivity (Wildman–Crippen MR) is 96.4 cm³/mol. The highest BCUT2D eigenvalue weighted by Crippen LogP contribution is 2.20. The second-order valence-corrected chi connectivity index (χ2v) is 7.19.